The molecule has 4 heteroatoms. The fraction of sp³-hybridized carbons (Fsp3) is 0.333. The summed E-state index contributed by atoms with van der Waals surface area (Å²) in [5.74, 6) is 0. The second-order valence-electron chi connectivity index (χ2n) is 3.19. The Kier molecular flexibility index (Phi) is 2.56. The van der Waals surface area contributed by atoms with E-state index in [1.54, 1.807) is 18.0 Å². The highest BCUT2D eigenvalue weighted by molar-refractivity contribution is 8.01. The van der Waals surface area contributed by atoms with Gasteiger partial charge in [-0.15, -0.1) is 0 Å². The van der Waals surface area contributed by atoms with Crippen molar-refractivity contribution < 1.29 is 0 Å². The van der Waals surface area contributed by atoms with E-state index < -0.39 is 0 Å². The number of nitrogen functional groups attached to an aromatic ring is 1. The van der Waals surface area contributed by atoms with Crippen LogP contribution in [0.15, 0.2) is 18.2 Å². The summed E-state index contributed by atoms with van der Waals surface area (Å²) in [5, 5.41) is 1.46. The maximum Gasteiger partial charge on any atom is 0.0475 e. The van der Waals surface area contributed by atoms with Crippen molar-refractivity contribution in [2.75, 3.05) is 10.5 Å². The third-order valence-electron chi connectivity index (χ3n) is 1.79. The Labute approximate surface area is 87.0 Å². The van der Waals surface area contributed by atoms with Crippen LogP contribution in [0.25, 0.3) is 0 Å². The summed E-state index contributed by atoms with van der Waals surface area (Å²) >= 11 is 7.60. The van der Waals surface area contributed by atoms with Crippen molar-refractivity contribution in [3.05, 3.63) is 23.2 Å². The molecular formula is C9H11ClN2S. The summed E-state index contributed by atoms with van der Waals surface area (Å²) < 4.78 is 3.24. The number of hydrogen-bond acceptors (Lipinski definition) is 3. The summed E-state index contributed by atoms with van der Waals surface area (Å²) in [4.78, 5) is 0. The van der Waals surface area contributed by atoms with Crippen molar-refractivity contribution in [2.45, 2.75) is 18.1 Å². The molecule has 3 N–H and O–H groups in total. The lowest BCUT2D eigenvalue weighted by molar-refractivity contribution is 1.50. The van der Waals surface area contributed by atoms with Gasteiger partial charge in [0.25, 0.3) is 0 Å². The number of rotatable bonds is 3. The SMILES string of the molecule is Nc1cc(Cl)cc(NSC2CC2)c1. The number of halogens is 1. The van der Waals surface area contributed by atoms with Crippen molar-refractivity contribution in [2.24, 2.45) is 0 Å². The molecule has 0 atom stereocenters. The number of nitrogens with two attached hydrogens (primary N) is 1. The first-order valence-electron chi connectivity index (χ1n) is 4.22. The molecular weight excluding hydrogens is 204 g/mol. The molecule has 2 nitrogen and oxygen atoms in total. The lowest BCUT2D eigenvalue weighted by Crippen LogP contribution is -1.91. The quantitative estimate of drug-likeness (QED) is 0.600. The van der Waals surface area contributed by atoms with Crippen LogP contribution >= 0.6 is 23.5 Å². The molecule has 1 aromatic carbocycles. The zero-order chi connectivity index (χ0) is 9.26. The van der Waals surface area contributed by atoms with Gasteiger partial charge in [-0.1, -0.05) is 11.6 Å². The first-order valence-corrected chi connectivity index (χ1v) is 5.47. The molecule has 0 aromatic heterocycles. The molecule has 0 unspecified atom stereocenters. The minimum atomic E-state index is 0.680. The predicted octanol–water partition coefficient (Wildman–Crippen LogP) is 3.14. The molecule has 0 radical (unpaired) electrons. The molecule has 1 aliphatic rings. The highest BCUT2D eigenvalue weighted by Crippen LogP contribution is 2.35. The van der Waals surface area contributed by atoms with Gasteiger partial charge >= 0.3 is 0 Å². The van der Waals surface area contributed by atoms with Gasteiger partial charge in [-0.3, -0.25) is 0 Å². The van der Waals surface area contributed by atoms with Crippen LogP contribution in [0.2, 0.25) is 5.02 Å². The van der Waals surface area contributed by atoms with E-state index in [1.807, 2.05) is 12.1 Å². The van der Waals surface area contributed by atoms with E-state index in [-0.39, 0.29) is 0 Å². The van der Waals surface area contributed by atoms with Gasteiger partial charge in [0.1, 0.15) is 0 Å². The lowest BCUT2D eigenvalue weighted by Gasteiger charge is -2.05. The van der Waals surface area contributed by atoms with Crippen LogP contribution < -0.4 is 10.5 Å². The number of anilines is 2. The smallest absolute Gasteiger partial charge is 0.0475 e. The monoisotopic (exact) mass is 214 g/mol. The molecule has 1 aliphatic carbocycles. The fourth-order valence-corrected chi connectivity index (χ4v) is 2.04. The van der Waals surface area contributed by atoms with Crippen molar-refractivity contribution in [1.82, 2.24) is 0 Å². The predicted molar refractivity (Wildman–Crippen MR) is 60.1 cm³/mol. The van der Waals surface area contributed by atoms with Gasteiger partial charge in [-0.2, -0.15) is 0 Å². The summed E-state index contributed by atoms with van der Waals surface area (Å²) in [6.45, 7) is 0. The van der Waals surface area contributed by atoms with Gasteiger partial charge < -0.3 is 10.5 Å². The van der Waals surface area contributed by atoms with Crippen LogP contribution in [-0.2, 0) is 0 Å². The van der Waals surface area contributed by atoms with Crippen molar-refractivity contribution in [3.8, 4) is 0 Å². The Bertz CT molecular complexity index is 292. The van der Waals surface area contributed by atoms with Gasteiger partial charge in [0, 0.05) is 21.6 Å². The minimum Gasteiger partial charge on any atom is -0.399 e. The van der Waals surface area contributed by atoms with E-state index in [0.29, 0.717) is 10.7 Å². The van der Waals surface area contributed by atoms with E-state index in [4.69, 9.17) is 17.3 Å². The molecule has 0 saturated heterocycles. The van der Waals surface area contributed by atoms with Gasteiger partial charge in [0.05, 0.1) is 0 Å². The van der Waals surface area contributed by atoms with Crippen LogP contribution in [-0.4, -0.2) is 5.25 Å². The zero-order valence-corrected chi connectivity index (χ0v) is 8.66. The van der Waals surface area contributed by atoms with Crippen LogP contribution in [0.3, 0.4) is 0 Å². The van der Waals surface area contributed by atoms with Crippen molar-refractivity contribution in [1.29, 1.82) is 0 Å². The summed E-state index contributed by atoms with van der Waals surface area (Å²) in [7, 11) is 0. The highest BCUT2D eigenvalue weighted by atomic mass is 35.5. The largest absolute Gasteiger partial charge is 0.399 e. The molecule has 0 amide bonds. The highest BCUT2D eigenvalue weighted by Gasteiger charge is 2.21. The second-order valence-corrected chi connectivity index (χ2v) is 4.74. The Morgan fingerprint density at radius 1 is 1.38 bits per heavy atom. The summed E-state index contributed by atoms with van der Waals surface area (Å²) in [6.07, 6.45) is 2.63. The average molecular weight is 215 g/mol. The Morgan fingerprint density at radius 3 is 2.77 bits per heavy atom. The summed E-state index contributed by atoms with van der Waals surface area (Å²) in [5.41, 5.74) is 7.34. The van der Waals surface area contributed by atoms with E-state index >= 15 is 0 Å². The maximum absolute atomic E-state index is 5.85. The molecule has 1 aromatic rings. The molecule has 0 spiro atoms. The first kappa shape index (κ1) is 9.03. The number of nitrogens with one attached hydrogen (secondary N) is 1. The topological polar surface area (TPSA) is 38.0 Å². The Hall–Kier alpha value is -0.540. The van der Waals surface area contributed by atoms with Crippen LogP contribution in [0.4, 0.5) is 11.4 Å². The molecule has 0 heterocycles. The van der Waals surface area contributed by atoms with E-state index in [2.05, 4.69) is 4.72 Å². The van der Waals surface area contributed by atoms with E-state index in [0.717, 1.165) is 10.9 Å². The van der Waals surface area contributed by atoms with Gasteiger partial charge in [0.15, 0.2) is 0 Å². The van der Waals surface area contributed by atoms with E-state index in [9.17, 15) is 0 Å². The Balaban J connectivity index is 2.01. The molecule has 70 valence electrons. The van der Waals surface area contributed by atoms with Crippen molar-refractivity contribution in [3.63, 3.8) is 0 Å². The summed E-state index contributed by atoms with van der Waals surface area (Å²) in [6, 6.07) is 5.52. The maximum atomic E-state index is 5.85. The Morgan fingerprint density at radius 2 is 2.15 bits per heavy atom. The van der Waals surface area contributed by atoms with E-state index in [1.165, 1.54) is 12.8 Å². The standard InChI is InChI=1S/C9H11ClN2S/c10-6-3-7(11)5-8(4-6)12-13-9-1-2-9/h3-5,9,12H,1-2,11H2. The molecule has 0 aliphatic heterocycles. The molecule has 1 saturated carbocycles. The average Bonchev–Trinajstić information content (AvgIpc) is 2.81. The zero-order valence-electron chi connectivity index (χ0n) is 7.09. The minimum absolute atomic E-state index is 0.680. The fourth-order valence-electron chi connectivity index (χ4n) is 1.01. The lowest BCUT2D eigenvalue weighted by atomic mass is 10.3. The molecule has 0 bridgehead atoms. The number of benzene rings is 1. The third-order valence-corrected chi connectivity index (χ3v) is 3.16. The normalized spacial score (nSPS) is 15.8. The molecule has 2 rings (SSSR count). The van der Waals surface area contributed by atoms with Gasteiger partial charge in [0.2, 0.25) is 0 Å². The molecule has 1 fully saturated rings. The van der Waals surface area contributed by atoms with Crippen LogP contribution in [0.5, 0.6) is 0 Å². The first-order chi connectivity index (χ1) is 6.24. The van der Waals surface area contributed by atoms with Crippen LogP contribution in [0.1, 0.15) is 12.8 Å². The van der Waals surface area contributed by atoms with Gasteiger partial charge in [-0.25, -0.2) is 0 Å². The third kappa shape index (κ3) is 2.71. The van der Waals surface area contributed by atoms with Crippen molar-refractivity contribution >= 4 is 34.9 Å². The van der Waals surface area contributed by atoms with Crippen LogP contribution in [0, 0.1) is 0 Å². The number of hydrogen-bond donors (Lipinski definition) is 2. The second kappa shape index (κ2) is 3.68. The van der Waals surface area contributed by atoms with Gasteiger partial charge in [-0.05, 0) is 43.0 Å². The molecule has 13 heavy (non-hydrogen) atoms.